The van der Waals surface area contributed by atoms with Crippen molar-refractivity contribution in [3.05, 3.63) is 59.8 Å². The second-order valence-electron chi connectivity index (χ2n) is 7.98. The minimum atomic E-state index is -4.59. The van der Waals surface area contributed by atoms with Crippen LogP contribution < -0.4 is 10.1 Å². The topological polar surface area (TPSA) is 60.5 Å². The second-order valence-corrected chi connectivity index (χ2v) is 7.98. The van der Waals surface area contributed by atoms with Gasteiger partial charge in [-0.15, -0.1) is 0 Å². The largest absolute Gasteiger partial charge is 0.476 e. The molecule has 0 spiro atoms. The molecule has 162 valence electrons. The van der Waals surface area contributed by atoms with E-state index in [0.29, 0.717) is 13.0 Å². The molecule has 1 aromatic carbocycles. The molecule has 1 aliphatic rings. The number of alkyl halides is 3. The molecule has 2 aromatic rings. The summed E-state index contributed by atoms with van der Waals surface area (Å²) in [7, 11) is 0. The van der Waals surface area contributed by atoms with Crippen LogP contribution in [0.2, 0.25) is 0 Å². The van der Waals surface area contributed by atoms with E-state index in [2.05, 4.69) is 10.3 Å². The van der Waals surface area contributed by atoms with Gasteiger partial charge in [-0.3, -0.25) is 4.79 Å². The van der Waals surface area contributed by atoms with Crippen molar-refractivity contribution in [3.63, 3.8) is 0 Å². The number of esters is 1. The molecule has 8 heteroatoms. The summed E-state index contributed by atoms with van der Waals surface area (Å²) in [6.07, 6.45) is -3.04. The number of rotatable bonds is 6. The van der Waals surface area contributed by atoms with Crippen molar-refractivity contribution in [2.45, 2.75) is 38.5 Å². The van der Waals surface area contributed by atoms with Crippen LogP contribution in [0.4, 0.5) is 13.2 Å². The molecule has 0 unspecified atom stereocenters. The molecule has 0 bridgehead atoms. The molecule has 2 atom stereocenters. The van der Waals surface area contributed by atoms with Crippen molar-refractivity contribution < 1.29 is 27.4 Å². The van der Waals surface area contributed by atoms with Gasteiger partial charge in [0.25, 0.3) is 0 Å². The third-order valence-corrected chi connectivity index (χ3v) is 5.10. The standard InChI is InChI=1S/C22H25F3N2O3/c1-21(2,14-29-19-17(22(23,24)25)9-6-11-27-19)20(28)30-18-10-12-26-13-16(18)15-7-4-3-5-8-15/h3-9,11,16,18,26H,10,12-14H2,1-2H3/t16-,18+/m1/s1. The first-order valence-corrected chi connectivity index (χ1v) is 9.80. The summed E-state index contributed by atoms with van der Waals surface area (Å²) in [6, 6.07) is 11.9. The predicted octanol–water partition coefficient (Wildman–Crippen LogP) is 4.19. The Morgan fingerprint density at radius 2 is 1.90 bits per heavy atom. The van der Waals surface area contributed by atoms with Crippen molar-refractivity contribution in [3.8, 4) is 5.88 Å². The molecule has 3 rings (SSSR count). The molecule has 1 N–H and O–H groups in total. The number of carbonyl (C=O) groups excluding carboxylic acids is 1. The minimum absolute atomic E-state index is 0.00763. The predicted molar refractivity (Wildman–Crippen MR) is 105 cm³/mol. The number of hydrogen-bond acceptors (Lipinski definition) is 5. The van der Waals surface area contributed by atoms with Crippen molar-refractivity contribution in [1.29, 1.82) is 0 Å². The number of hydrogen-bond donors (Lipinski definition) is 1. The van der Waals surface area contributed by atoms with Gasteiger partial charge in [0.15, 0.2) is 0 Å². The van der Waals surface area contributed by atoms with Gasteiger partial charge in [0, 0.05) is 18.7 Å². The quantitative estimate of drug-likeness (QED) is 0.708. The average molecular weight is 422 g/mol. The smallest absolute Gasteiger partial charge is 0.421 e. The zero-order valence-electron chi connectivity index (χ0n) is 16.9. The van der Waals surface area contributed by atoms with Crippen LogP contribution in [0.5, 0.6) is 5.88 Å². The Morgan fingerprint density at radius 3 is 2.60 bits per heavy atom. The number of nitrogens with zero attached hydrogens (tertiary/aromatic N) is 1. The molecule has 0 saturated carbocycles. The summed E-state index contributed by atoms with van der Waals surface area (Å²) in [5.74, 6) is -1.05. The van der Waals surface area contributed by atoms with Crippen molar-refractivity contribution in [2.24, 2.45) is 5.41 Å². The maximum Gasteiger partial charge on any atom is 0.421 e. The third kappa shape index (κ3) is 5.30. The summed E-state index contributed by atoms with van der Waals surface area (Å²) in [6.45, 7) is 4.30. The SMILES string of the molecule is CC(C)(COc1ncccc1C(F)(F)F)C(=O)O[C@H]1CCNC[C@@H]1c1ccccc1. The van der Waals surface area contributed by atoms with E-state index in [1.54, 1.807) is 13.8 Å². The molecule has 1 aromatic heterocycles. The van der Waals surface area contributed by atoms with Gasteiger partial charge in [-0.05, 0) is 44.5 Å². The molecule has 0 radical (unpaired) electrons. The molecule has 5 nitrogen and oxygen atoms in total. The van der Waals surface area contributed by atoms with Gasteiger partial charge in [-0.1, -0.05) is 30.3 Å². The van der Waals surface area contributed by atoms with E-state index < -0.39 is 29.0 Å². The first kappa shape index (κ1) is 22.1. The fourth-order valence-electron chi connectivity index (χ4n) is 3.33. The first-order valence-electron chi connectivity index (χ1n) is 9.80. The number of piperidine rings is 1. The van der Waals surface area contributed by atoms with Gasteiger partial charge in [-0.25, -0.2) is 4.98 Å². The van der Waals surface area contributed by atoms with Gasteiger partial charge in [0.05, 0.1) is 5.41 Å². The summed E-state index contributed by atoms with van der Waals surface area (Å²) < 4.78 is 50.5. The molecular weight excluding hydrogens is 397 g/mol. The highest BCUT2D eigenvalue weighted by molar-refractivity contribution is 5.76. The second kappa shape index (κ2) is 9.04. The number of halogens is 3. The van der Waals surface area contributed by atoms with Gasteiger partial charge in [0.2, 0.25) is 5.88 Å². The Kier molecular flexibility index (Phi) is 6.65. The first-order chi connectivity index (χ1) is 14.2. The van der Waals surface area contributed by atoms with Crippen LogP contribution in [0.1, 0.15) is 37.3 Å². The zero-order valence-corrected chi connectivity index (χ0v) is 16.9. The van der Waals surface area contributed by atoms with E-state index in [0.717, 1.165) is 18.2 Å². The van der Waals surface area contributed by atoms with E-state index in [1.165, 1.54) is 12.3 Å². The van der Waals surface area contributed by atoms with E-state index in [-0.39, 0.29) is 18.6 Å². The summed E-state index contributed by atoms with van der Waals surface area (Å²) >= 11 is 0. The molecule has 0 aliphatic carbocycles. The fraction of sp³-hybridized carbons (Fsp3) is 0.455. The summed E-state index contributed by atoms with van der Waals surface area (Å²) in [4.78, 5) is 16.5. The van der Waals surface area contributed by atoms with Crippen LogP contribution in [0.3, 0.4) is 0 Å². The molecule has 1 fully saturated rings. The summed E-state index contributed by atoms with van der Waals surface area (Å²) in [5.41, 5.74) is -1.05. The lowest BCUT2D eigenvalue weighted by molar-refractivity contribution is -0.163. The van der Waals surface area contributed by atoms with Crippen molar-refractivity contribution in [1.82, 2.24) is 10.3 Å². The third-order valence-electron chi connectivity index (χ3n) is 5.10. The number of carbonyl (C=O) groups is 1. The van der Waals surface area contributed by atoms with E-state index in [9.17, 15) is 18.0 Å². The van der Waals surface area contributed by atoms with Crippen molar-refractivity contribution >= 4 is 5.97 Å². The van der Waals surface area contributed by atoms with Gasteiger partial charge in [0.1, 0.15) is 18.3 Å². The minimum Gasteiger partial charge on any atom is -0.476 e. The highest BCUT2D eigenvalue weighted by Gasteiger charge is 2.38. The molecule has 30 heavy (non-hydrogen) atoms. The Bertz CT molecular complexity index is 856. The molecule has 1 saturated heterocycles. The Labute approximate surface area is 173 Å². The maximum atomic E-state index is 13.1. The van der Waals surface area contributed by atoms with Crippen LogP contribution in [0.25, 0.3) is 0 Å². The number of pyridine rings is 1. The monoisotopic (exact) mass is 422 g/mol. The lowest BCUT2D eigenvalue weighted by Crippen LogP contribution is -2.44. The van der Waals surface area contributed by atoms with Crippen LogP contribution in [0, 0.1) is 5.41 Å². The fourth-order valence-corrected chi connectivity index (χ4v) is 3.33. The Hall–Kier alpha value is -2.61. The van der Waals surface area contributed by atoms with Gasteiger partial charge in [-0.2, -0.15) is 13.2 Å². The van der Waals surface area contributed by atoms with E-state index in [1.807, 2.05) is 30.3 Å². The van der Waals surface area contributed by atoms with Crippen LogP contribution >= 0.6 is 0 Å². The lowest BCUT2D eigenvalue weighted by Gasteiger charge is -2.34. The van der Waals surface area contributed by atoms with Gasteiger partial charge >= 0.3 is 12.1 Å². The number of ether oxygens (including phenoxy) is 2. The van der Waals surface area contributed by atoms with Crippen LogP contribution in [-0.2, 0) is 15.7 Å². The Balaban J connectivity index is 1.67. The highest BCUT2D eigenvalue weighted by atomic mass is 19.4. The van der Waals surface area contributed by atoms with E-state index >= 15 is 0 Å². The number of aromatic nitrogens is 1. The molecule has 0 amide bonds. The highest BCUT2D eigenvalue weighted by Crippen LogP contribution is 2.35. The summed E-state index contributed by atoms with van der Waals surface area (Å²) in [5, 5.41) is 3.31. The van der Waals surface area contributed by atoms with Gasteiger partial charge < -0.3 is 14.8 Å². The maximum absolute atomic E-state index is 13.1. The molecule has 2 heterocycles. The number of nitrogens with one attached hydrogen (secondary N) is 1. The Morgan fingerprint density at radius 1 is 1.17 bits per heavy atom. The van der Waals surface area contributed by atoms with Crippen LogP contribution in [-0.4, -0.2) is 36.8 Å². The molecular formula is C22H25F3N2O3. The van der Waals surface area contributed by atoms with Crippen LogP contribution in [0.15, 0.2) is 48.7 Å². The normalized spacial score (nSPS) is 19.9. The molecule has 1 aliphatic heterocycles. The van der Waals surface area contributed by atoms with Crippen molar-refractivity contribution in [2.75, 3.05) is 19.7 Å². The zero-order chi connectivity index (χ0) is 21.8. The average Bonchev–Trinajstić information content (AvgIpc) is 2.73. The van der Waals surface area contributed by atoms with E-state index in [4.69, 9.17) is 9.47 Å². The lowest BCUT2D eigenvalue weighted by atomic mass is 9.88. The number of benzene rings is 1.